The number of rotatable bonds is 5. The minimum atomic E-state index is -1.02. The van der Waals surface area contributed by atoms with E-state index in [1.54, 1.807) is 41.5 Å². The van der Waals surface area contributed by atoms with Crippen LogP contribution in [0.25, 0.3) is 0 Å². The molecule has 0 aliphatic carbocycles. The monoisotopic (exact) mass is 439 g/mol. The molecule has 1 aromatic rings. The van der Waals surface area contributed by atoms with E-state index in [0.29, 0.717) is 5.76 Å². The van der Waals surface area contributed by atoms with Gasteiger partial charge in [0.15, 0.2) is 5.69 Å². The zero-order valence-corrected chi connectivity index (χ0v) is 19.7. The van der Waals surface area contributed by atoms with Gasteiger partial charge in [-0.3, -0.25) is 9.69 Å². The summed E-state index contributed by atoms with van der Waals surface area (Å²) in [4.78, 5) is 43.4. The molecule has 0 bridgehead atoms. The molecule has 0 saturated carbocycles. The van der Waals surface area contributed by atoms with Crippen LogP contribution in [0.15, 0.2) is 4.42 Å². The van der Waals surface area contributed by atoms with E-state index < -0.39 is 41.4 Å². The molecule has 0 aromatic carbocycles. The Hall–Kier alpha value is -2.62. The molecule has 10 heteroatoms. The van der Waals surface area contributed by atoms with Crippen LogP contribution in [0.5, 0.6) is 0 Å². The van der Waals surface area contributed by atoms with Crippen LogP contribution in [0.1, 0.15) is 76.6 Å². The Balaban J connectivity index is 2.27. The lowest BCUT2D eigenvalue weighted by molar-refractivity contribution is -0.128. The molecule has 1 fully saturated rings. The first-order chi connectivity index (χ1) is 14.2. The van der Waals surface area contributed by atoms with Crippen molar-refractivity contribution in [2.75, 3.05) is 13.7 Å². The fourth-order valence-electron chi connectivity index (χ4n) is 3.25. The molecular formula is C21H33N3O7. The van der Waals surface area contributed by atoms with Gasteiger partial charge in [0.25, 0.3) is 0 Å². The van der Waals surface area contributed by atoms with Gasteiger partial charge in [0.2, 0.25) is 11.8 Å². The van der Waals surface area contributed by atoms with E-state index in [4.69, 9.17) is 18.6 Å². The summed E-state index contributed by atoms with van der Waals surface area (Å²) < 4.78 is 21.5. The SMILES string of the molecule is COC(=O)c1nc([C@@H](NC(=O)[C@@H]2COC(C)(C)N2C(=O)OC(C)(C)C)C(C)C)oc1C. The predicted octanol–water partition coefficient (Wildman–Crippen LogP) is 2.95. The van der Waals surface area contributed by atoms with Crippen molar-refractivity contribution in [2.24, 2.45) is 5.92 Å². The fraction of sp³-hybridized carbons (Fsp3) is 0.714. The Bertz CT molecular complexity index is 839. The number of oxazole rings is 1. The topological polar surface area (TPSA) is 120 Å². The minimum absolute atomic E-state index is 0.0148. The van der Waals surface area contributed by atoms with Crippen molar-refractivity contribution >= 4 is 18.0 Å². The van der Waals surface area contributed by atoms with Crippen molar-refractivity contribution in [2.45, 2.75) is 78.8 Å². The van der Waals surface area contributed by atoms with Crippen LogP contribution in [0.2, 0.25) is 0 Å². The van der Waals surface area contributed by atoms with Gasteiger partial charge in [0.1, 0.15) is 29.2 Å². The number of aromatic nitrogens is 1. The van der Waals surface area contributed by atoms with Gasteiger partial charge in [-0.1, -0.05) is 13.8 Å². The Morgan fingerprint density at radius 1 is 1.26 bits per heavy atom. The van der Waals surface area contributed by atoms with Crippen LogP contribution in [0.4, 0.5) is 4.79 Å². The first-order valence-electron chi connectivity index (χ1n) is 10.2. The number of aryl methyl sites for hydroxylation is 1. The van der Waals surface area contributed by atoms with Gasteiger partial charge in [-0.25, -0.2) is 14.6 Å². The van der Waals surface area contributed by atoms with Crippen molar-refractivity contribution in [1.82, 2.24) is 15.2 Å². The number of nitrogens with one attached hydrogen (secondary N) is 1. The van der Waals surface area contributed by atoms with E-state index in [9.17, 15) is 14.4 Å². The summed E-state index contributed by atoms with van der Waals surface area (Å²) >= 11 is 0. The highest BCUT2D eigenvalue weighted by molar-refractivity contribution is 5.88. The maximum absolute atomic E-state index is 13.2. The van der Waals surface area contributed by atoms with Crippen molar-refractivity contribution in [3.63, 3.8) is 0 Å². The molecule has 0 radical (unpaired) electrons. The largest absolute Gasteiger partial charge is 0.464 e. The average molecular weight is 440 g/mol. The third-order valence-electron chi connectivity index (χ3n) is 4.80. The highest BCUT2D eigenvalue weighted by Gasteiger charge is 2.49. The number of amides is 2. The third-order valence-corrected chi connectivity index (χ3v) is 4.80. The highest BCUT2D eigenvalue weighted by atomic mass is 16.6. The normalized spacial score (nSPS) is 19.3. The number of methoxy groups -OCH3 is 1. The number of esters is 1. The molecule has 1 N–H and O–H groups in total. The maximum Gasteiger partial charge on any atom is 0.413 e. The second kappa shape index (κ2) is 8.86. The molecule has 31 heavy (non-hydrogen) atoms. The molecule has 2 rings (SSSR count). The quantitative estimate of drug-likeness (QED) is 0.695. The Morgan fingerprint density at radius 3 is 2.39 bits per heavy atom. The summed E-state index contributed by atoms with van der Waals surface area (Å²) in [7, 11) is 1.25. The number of nitrogens with zero attached hydrogens (tertiary/aromatic N) is 2. The van der Waals surface area contributed by atoms with Crippen molar-refractivity contribution in [3.8, 4) is 0 Å². The smallest absolute Gasteiger partial charge is 0.413 e. The number of hydrogen-bond acceptors (Lipinski definition) is 8. The molecule has 2 heterocycles. The third kappa shape index (κ3) is 5.55. The van der Waals surface area contributed by atoms with Gasteiger partial charge in [-0.2, -0.15) is 0 Å². The number of ether oxygens (including phenoxy) is 3. The van der Waals surface area contributed by atoms with Gasteiger partial charge in [-0.05, 0) is 47.5 Å². The van der Waals surface area contributed by atoms with E-state index >= 15 is 0 Å². The highest BCUT2D eigenvalue weighted by Crippen LogP contribution is 2.31. The summed E-state index contributed by atoms with van der Waals surface area (Å²) in [6.45, 7) is 14.0. The van der Waals surface area contributed by atoms with E-state index in [2.05, 4.69) is 10.3 Å². The Kier molecular flexibility index (Phi) is 7.04. The molecule has 174 valence electrons. The molecular weight excluding hydrogens is 406 g/mol. The minimum Gasteiger partial charge on any atom is -0.464 e. The van der Waals surface area contributed by atoms with Gasteiger partial charge in [0.05, 0.1) is 13.7 Å². The lowest BCUT2D eigenvalue weighted by Crippen LogP contribution is -2.55. The zero-order valence-electron chi connectivity index (χ0n) is 19.7. The van der Waals surface area contributed by atoms with Crippen LogP contribution >= 0.6 is 0 Å². The second-order valence-electron chi connectivity index (χ2n) is 9.30. The summed E-state index contributed by atoms with van der Waals surface area (Å²) in [5.41, 5.74) is -1.69. The lowest BCUT2D eigenvalue weighted by atomic mass is 10.0. The van der Waals surface area contributed by atoms with Crippen LogP contribution in [-0.2, 0) is 19.0 Å². The standard InChI is InChI=1S/C21H33N3O7/c1-11(2)14(17-23-15(12(3)30-17)18(26)28-9)22-16(25)13-10-29-21(7,8)24(13)19(27)31-20(4,5)6/h11,13-14H,10H2,1-9H3,(H,22,25)/t13-,14-/m0/s1. The second-order valence-corrected chi connectivity index (χ2v) is 9.30. The van der Waals surface area contributed by atoms with Crippen LogP contribution < -0.4 is 5.32 Å². The first kappa shape index (κ1) is 24.6. The molecule has 1 aliphatic heterocycles. The molecule has 1 saturated heterocycles. The molecule has 0 unspecified atom stereocenters. The Labute approximate surface area is 182 Å². The first-order valence-corrected chi connectivity index (χ1v) is 10.2. The Morgan fingerprint density at radius 2 is 1.87 bits per heavy atom. The molecule has 2 atom stereocenters. The molecule has 10 nitrogen and oxygen atoms in total. The van der Waals surface area contributed by atoms with Crippen LogP contribution in [0, 0.1) is 12.8 Å². The lowest BCUT2D eigenvalue weighted by Gasteiger charge is -2.35. The average Bonchev–Trinajstić information content (AvgIpc) is 3.16. The predicted molar refractivity (Wildman–Crippen MR) is 110 cm³/mol. The molecule has 1 aliphatic rings. The van der Waals surface area contributed by atoms with Crippen molar-refractivity contribution in [1.29, 1.82) is 0 Å². The number of carbonyl (C=O) groups excluding carboxylic acids is 3. The van der Waals surface area contributed by atoms with Gasteiger partial charge >= 0.3 is 12.1 Å². The van der Waals surface area contributed by atoms with Gasteiger partial charge in [-0.15, -0.1) is 0 Å². The van der Waals surface area contributed by atoms with E-state index in [-0.39, 0.29) is 24.1 Å². The zero-order chi connectivity index (χ0) is 23.7. The van der Waals surface area contributed by atoms with Crippen molar-refractivity contribution in [3.05, 3.63) is 17.3 Å². The summed E-state index contributed by atoms with van der Waals surface area (Å²) in [5.74, 6) is -0.697. The molecule has 0 spiro atoms. The number of carbonyl (C=O) groups is 3. The molecule has 2 amide bonds. The maximum atomic E-state index is 13.2. The van der Waals surface area contributed by atoms with E-state index in [1.807, 2.05) is 13.8 Å². The van der Waals surface area contributed by atoms with Crippen LogP contribution in [0.3, 0.4) is 0 Å². The van der Waals surface area contributed by atoms with Crippen LogP contribution in [-0.4, -0.2) is 58.9 Å². The number of hydrogen-bond donors (Lipinski definition) is 1. The summed E-state index contributed by atoms with van der Waals surface area (Å²) in [6.07, 6.45) is -0.642. The molecule has 1 aromatic heterocycles. The van der Waals surface area contributed by atoms with Gasteiger partial charge in [0, 0.05) is 0 Å². The van der Waals surface area contributed by atoms with E-state index in [1.165, 1.54) is 12.0 Å². The van der Waals surface area contributed by atoms with E-state index in [0.717, 1.165) is 0 Å². The fourth-order valence-corrected chi connectivity index (χ4v) is 3.25. The summed E-state index contributed by atoms with van der Waals surface area (Å²) in [5, 5.41) is 2.88. The van der Waals surface area contributed by atoms with Gasteiger partial charge < -0.3 is 23.9 Å². The summed E-state index contributed by atoms with van der Waals surface area (Å²) in [6, 6.07) is -1.53. The van der Waals surface area contributed by atoms with Crippen molar-refractivity contribution < 1.29 is 33.0 Å².